The van der Waals surface area contributed by atoms with Gasteiger partial charge in [-0.25, -0.2) is 9.82 Å². The molecule has 0 atom stereocenters. The van der Waals surface area contributed by atoms with Gasteiger partial charge in [0.15, 0.2) is 29.7 Å². The van der Waals surface area contributed by atoms with Crippen molar-refractivity contribution in [1.82, 2.24) is 5.43 Å². The number of halogens is 1. The second kappa shape index (κ2) is 9.26. The minimum atomic E-state index is -0.543. The highest BCUT2D eigenvalue weighted by Crippen LogP contribution is 2.33. The maximum absolute atomic E-state index is 13.4. The third kappa shape index (κ3) is 4.85. The summed E-state index contributed by atoms with van der Waals surface area (Å²) in [5, 5.41) is 3.84. The summed E-state index contributed by atoms with van der Waals surface area (Å²) in [5.74, 6) is 0.395. The molecule has 0 aromatic heterocycles. The molecule has 0 saturated heterocycles. The molecule has 0 unspecified atom stereocenters. The molecule has 0 fully saturated rings. The molecular formula is C18H19FN2O5. The molecule has 1 N–H and O–H groups in total. The molecule has 0 saturated carbocycles. The number of carbonyl (C=O) groups is 1. The Balaban J connectivity index is 1.99. The van der Waals surface area contributed by atoms with Crippen LogP contribution in [0, 0.1) is 5.82 Å². The Morgan fingerprint density at radius 1 is 1.04 bits per heavy atom. The largest absolute Gasteiger partial charge is 0.496 e. The Bertz CT molecular complexity index is 795. The van der Waals surface area contributed by atoms with E-state index in [4.69, 9.17) is 18.9 Å². The minimum Gasteiger partial charge on any atom is -0.496 e. The molecule has 8 heteroatoms. The van der Waals surface area contributed by atoms with Crippen molar-refractivity contribution in [1.29, 1.82) is 0 Å². The number of methoxy groups -OCH3 is 3. The zero-order chi connectivity index (χ0) is 18.9. The highest BCUT2D eigenvalue weighted by Gasteiger charge is 2.11. The zero-order valence-electron chi connectivity index (χ0n) is 14.6. The summed E-state index contributed by atoms with van der Waals surface area (Å²) < 4.78 is 34.2. The fourth-order valence-electron chi connectivity index (χ4n) is 2.06. The molecule has 2 aromatic carbocycles. The second-order valence-electron chi connectivity index (χ2n) is 4.96. The van der Waals surface area contributed by atoms with E-state index >= 15 is 0 Å². The van der Waals surface area contributed by atoms with E-state index < -0.39 is 11.7 Å². The lowest BCUT2D eigenvalue weighted by molar-refractivity contribution is -0.123. The number of para-hydroxylation sites is 1. The third-order valence-corrected chi connectivity index (χ3v) is 3.32. The van der Waals surface area contributed by atoms with Gasteiger partial charge in [0.1, 0.15) is 5.75 Å². The summed E-state index contributed by atoms with van der Waals surface area (Å²) in [5.41, 5.74) is 2.86. The van der Waals surface area contributed by atoms with Crippen LogP contribution in [-0.4, -0.2) is 40.1 Å². The average molecular weight is 362 g/mol. The zero-order valence-corrected chi connectivity index (χ0v) is 14.6. The third-order valence-electron chi connectivity index (χ3n) is 3.32. The monoisotopic (exact) mass is 362 g/mol. The average Bonchev–Trinajstić information content (AvgIpc) is 2.66. The topological polar surface area (TPSA) is 78.4 Å². The number of hydrogen-bond donors (Lipinski definition) is 1. The predicted octanol–water partition coefficient (Wildman–Crippen LogP) is 2.38. The molecule has 0 aliphatic carbocycles. The Morgan fingerprint density at radius 2 is 1.69 bits per heavy atom. The van der Waals surface area contributed by atoms with Crippen LogP contribution in [0.25, 0.3) is 0 Å². The van der Waals surface area contributed by atoms with Crippen molar-refractivity contribution in [2.45, 2.75) is 0 Å². The number of ether oxygens (including phenoxy) is 4. The lowest BCUT2D eigenvalue weighted by atomic mass is 10.2. The van der Waals surface area contributed by atoms with Gasteiger partial charge < -0.3 is 18.9 Å². The number of amides is 1. The van der Waals surface area contributed by atoms with Crippen molar-refractivity contribution in [3.8, 4) is 23.0 Å². The lowest BCUT2D eigenvalue weighted by Crippen LogP contribution is -2.24. The summed E-state index contributed by atoms with van der Waals surface area (Å²) in [7, 11) is 4.52. The first-order chi connectivity index (χ1) is 12.6. The fourth-order valence-corrected chi connectivity index (χ4v) is 2.06. The molecule has 0 heterocycles. The summed E-state index contributed by atoms with van der Waals surface area (Å²) in [4.78, 5) is 11.7. The van der Waals surface area contributed by atoms with Crippen molar-refractivity contribution < 1.29 is 28.1 Å². The van der Waals surface area contributed by atoms with Crippen LogP contribution in [0.4, 0.5) is 4.39 Å². The molecule has 2 aromatic rings. The maximum atomic E-state index is 13.4. The second-order valence-corrected chi connectivity index (χ2v) is 4.96. The van der Waals surface area contributed by atoms with E-state index in [2.05, 4.69) is 10.5 Å². The van der Waals surface area contributed by atoms with Gasteiger partial charge in [-0.3, -0.25) is 4.79 Å². The van der Waals surface area contributed by atoms with Gasteiger partial charge in [-0.1, -0.05) is 12.1 Å². The van der Waals surface area contributed by atoms with E-state index in [-0.39, 0.29) is 12.4 Å². The number of hydrogen-bond acceptors (Lipinski definition) is 6. The number of carbonyl (C=O) groups excluding carboxylic acids is 1. The molecule has 0 aliphatic heterocycles. The minimum absolute atomic E-state index is 0.00631. The van der Waals surface area contributed by atoms with Gasteiger partial charge in [0, 0.05) is 11.6 Å². The fraction of sp³-hybridized carbons (Fsp3) is 0.222. The van der Waals surface area contributed by atoms with Crippen molar-refractivity contribution in [3.05, 3.63) is 47.8 Å². The lowest BCUT2D eigenvalue weighted by Gasteiger charge is -2.11. The summed E-state index contributed by atoms with van der Waals surface area (Å²) >= 11 is 0. The maximum Gasteiger partial charge on any atom is 0.277 e. The Labute approximate surface area is 150 Å². The first-order valence-corrected chi connectivity index (χ1v) is 7.58. The number of hydrazone groups is 1. The number of rotatable bonds is 8. The van der Waals surface area contributed by atoms with Gasteiger partial charge in [0.2, 0.25) is 0 Å². The molecule has 0 bridgehead atoms. The Morgan fingerprint density at radius 3 is 2.35 bits per heavy atom. The molecule has 7 nitrogen and oxygen atoms in total. The van der Waals surface area contributed by atoms with E-state index in [1.165, 1.54) is 45.7 Å². The van der Waals surface area contributed by atoms with Gasteiger partial charge in [-0.15, -0.1) is 0 Å². The van der Waals surface area contributed by atoms with E-state index in [1.807, 2.05) is 0 Å². The van der Waals surface area contributed by atoms with Crippen molar-refractivity contribution in [3.63, 3.8) is 0 Å². The quantitative estimate of drug-likeness (QED) is 0.576. The van der Waals surface area contributed by atoms with Crippen LogP contribution in [0.5, 0.6) is 23.0 Å². The first kappa shape index (κ1) is 19.0. The van der Waals surface area contributed by atoms with Crippen LogP contribution < -0.4 is 24.4 Å². The van der Waals surface area contributed by atoms with Crippen LogP contribution in [0.3, 0.4) is 0 Å². The molecule has 0 spiro atoms. The molecule has 2 rings (SSSR count). The standard InChI is InChI=1S/C18H19FN2O5/c1-23-15-9-17(25-3)16(24-2)8-12(15)10-20-21-18(22)11-26-14-7-5-4-6-13(14)19/h4-10H,11H2,1-3H3,(H,21,22). The van der Waals surface area contributed by atoms with Gasteiger partial charge >= 0.3 is 0 Å². The van der Waals surface area contributed by atoms with Crippen LogP contribution in [0.2, 0.25) is 0 Å². The van der Waals surface area contributed by atoms with Crippen LogP contribution in [-0.2, 0) is 4.79 Å². The van der Waals surface area contributed by atoms with E-state index in [9.17, 15) is 9.18 Å². The molecule has 138 valence electrons. The van der Waals surface area contributed by atoms with Crippen molar-refractivity contribution in [2.24, 2.45) is 5.10 Å². The van der Waals surface area contributed by atoms with Crippen LogP contribution in [0.15, 0.2) is 41.5 Å². The number of nitrogens with zero attached hydrogens (tertiary/aromatic N) is 1. The highest BCUT2D eigenvalue weighted by atomic mass is 19.1. The van der Waals surface area contributed by atoms with E-state index in [0.29, 0.717) is 22.8 Å². The van der Waals surface area contributed by atoms with Gasteiger partial charge in [0.25, 0.3) is 5.91 Å². The SMILES string of the molecule is COc1cc(OC)c(OC)cc1C=NNC(=O)COc1ccccc1F. The first-order valence-electron chi connectivity index (χ1n) is 7.58. The van der Waals surface area contributed by atoms with E-state index in [0.717, 1.165) is 0 Å². The van der Waals surface area contributed by atoms with Gasteiger partial charge in [0.05, 0.1) is 27.5 Å². The van der Waals surface area contributed by atoms with E-state index in [1.54, 1.807) is 18.2 Å². The summed E-state index contributed by atoms with van der Waals surface area (Å²) in [6, 6.07) is 9.11. The summed E-state index contributed by atoms with van der Waals surface area (Å²) in [6.07, 6.45) is 1.39. The Kier molecular flexibility index (Phi) is 6.78. The summed E-state index contributed by atoms with van der Waals surface area (Å²) in [6.45, 7) is -0.374. The highest BCUT2D eigenvalue weighted by molar-refractivity contribution is 5.86. The molecule has 0 radical (unpaired) electrons. The van der Waals surface area contributed by atoms with Crippen LogP contribution >= 0.6 is 0 Å². The molecular weight excluding hydrogens is 343 g/mol. The van der Waals surface area contributed by atoms with Gasteiger partial charge in [-0.2, -0.15) is 5.10 Å². The number of benzene rings is 2. The Hall–Kier alpha value is -3.29. The van der Waals surface area contributed by atoms with Crippen molar-refractivity contribution >= 4 is 12.1 Å². The van der Waals surface area contributed by atoms with Crippen LogP contribution in [0.1, 0.15) is 5.56 Å². The van der Waals surface area contributed by atoms with Gasteiger partial charge in [-0.05, 0) is 18.2 Å². The van der Waals surface area contributed by atoms with Crippen molar-refractivity contribution in [2.75, 3.05) is 27.9 Å². The molecule has 26 heavy (non-hydrogen) atoms. The normalized spacial score (nSPS) is 10.5. The smallest absolute Gasteiger partial charge is 0.277 e. The predicted molar refractivity (Wildman–Crippen MR) is 93.7 cm³/mol. The number of nitrogens with one attached hydrogen (secondary N) is 1. The molecule has 1 amide bonds. The molecule has 0 aliphatic rings.